The van der Waals surface area contributed by atoms with E-state index in [1.54, 1.807) is 0 Å². The van der Waals surface area contributed by atoms with Crippen LogP contribution in [0, 0.1) is 0 Å². The van der Waals surface area contributed by atoms with Crippen molar-refractivity contribution >= 4 is 5.91 Å². The van der Waals surface area contributed by atoms with Gasteiger partial charge in [0.05, 0.1) is 12.2 Å². The van der Waals surface area contributed by atoms with Gasteiger partial charge in [-0.3, -0.25) is 4.79 Å². The van der Waals surface area contributed by atoms with Crippen LogP contribution in [0.4, 0.5) is 0 Å². The number of hydrogen-bond donors (Lipinski definition) is 1. The fourth-order valence-corrected chi connectivity index (χ4v) is 3.63. The molecule has 3 rings (SSSR count). The molecule has 2 fully saturated rings. The lowest BCUT2D eigenvalue weighted by Gasteiger charge is -2.35. The first-order chi connectivity index (χ1) is 12.2. The van der Waals surface area contributed by atoms with Crippen molar-refractivity contribution in [1.82, 2.24) is 4.90 Å². The van der Waals surface area contributed by atoms with Gasteiger partial charge in [0.1, 0.15) is 0 Å². The summed E-state index contributed by atoms with van der Waals surface area (Å²) in [4.78, 5) is 14.4. The van der Waals surface area contributed by atoms with Crippen LogP contribution in [0.5, 0.6) is 0 Å². The number of carbonyl (C=O) groups is 1. The number of rotatable bonds is 6. The number of amides is 1. The van der Waals surface area contributed by atoms with Gasteiger partial charge in [0.25, 0.3) is 0 Å². The number of nitrogens with zero attached hydrogens (tertiary/aromatic N) is 1. The largest absolute Gasteiger partial charge is 0.381 e. The molecule has 1 atom stereocenters. The smallest absolute Gasteiger partial charge is 0.222 e. The van der Waals surface area contributed by atoms with E-state index in [9.17, 15) is 4.79 Å². The van der Waals surface area contributed by atoms with E-state index >= 15 is 0 Å². The first kappa shape index (κ1) is 18.4. The van der Waals surface area contributed by atoms with Gasteiger partial charge in [-0.15, -0.1) is 0 Å². The Morgan fingerprint density at radius 1 is 1.12 bits per heavy atom. The summed E-state index contributed by atoms with van der Waals surface area (Å²) < 4.78 is 11.6. The molecule has 0 unspecified atom stereocenters. The number of likely N-dealkylation sites (tertiary alicyclic amines) is 1. The summed E-state index contributed by atoms with van der Waals surface area (Å²) in [7, 11) is 0. The third-order valence-electron chi connectivity index (χ3n) is 5.24. The highest BCUT2D eigenvalue weighted by Crippen LogP contribution is 2.21. The molecule has 0 saturated carbocycles. The molecule has 5 nitrogen and oxygen atoms in total. The van der Waals surface area contributed by atoms with Crippen molar-refractivity contribution in [3.8, 4) is 0 Å². The number of carbonyl (C=O) groups excluding carboxylic acids is 1. The second-order valence-corrected chi connectivity index (χ2v) is 7.08. The molecule has 2 heterocycles. The Morgan fingerprint density at radius 2 is 1.76 bits per heavy atom. The summed E-state index contributed by atoms with van der Waals surface area (Å²) in [5, 5.41) is 0. The van der Waals surface area contributed by atoms with Crippen molar-refractivity contribution in [3.05, 3.63) is 35.9 Å². The minimum Gasteiger partial charge on any atom is -0.381 e. The molecule has 0 bridgehead atoms. The molecule has 0 radical (unpaired) electrons. The van der Waals surface area contributed by atoms with Crippen molar-refractivity contribution in [2.24, 2.45) is 5.73 Å². The van der Waals surface area contributed by atoms with E-state index in [2.05, 4.69) is 0 Å². The number of benzene rings is 1. The highest BCUT2D eigenvalue weighted by atomic mass is 16.5. The predicted octanol–water partition coefficient (Wildman–Crippen LogP) is 2.65. The quantitative estimate of drug-likeness (QED) is 0.860. The van der Waals surface area contributed by atoms with Crippen LogP contribution in [0.15, 0.2) is 30.3 Å². The Labute approximate surface area is 150 Å². The average molecular weight is 346 g/mol. The van der Waals surface area contributed by atoms with Crippen LogP contribution in [0.2, 0.25) is 0 Å². The van der Waals surface area contributed by atoms with Gasteiger partial charge in [-0.2, -0.15) is 0 Å². The maximum atomic E-state index is 12.4. The summed E-state index contributed by atoms with van der Waals surface area (Å²) >= 11 is 0. The van der Waals surface area contributed by atoms with E-state index < -0.39 is 0 Å². The van der Waals surface area contributed by atoms with Crippen molar-refractivity contribution < 1.29 is 14.3 Å². The molecule has 1 amide bonds. The molecule has 0 aliphatic carbocycles. The summed E-state index contributed by atoms with van der Waals surface area (Å²) in [6.45, 7) is 3.22. The Kier molecular flexibility index (Phi) is 6.84. The average Bonchev–Trinajstić information content (AvgIpc) is 2.68. The highest BCUT2D eigenvalue weighted by Gasteiger charge is 2.26. The molecule has 1 aromatic carbocycles. The lowest BCUT2D eigenvalue weighted by atomic mass is 10.0. The maximum absolute atomic E-state index is 12.4. The monoisotopic (exact) mass is 346 g/mol. The molecule has 2 N–H and O–H groups in total. The summed E-state index contributed by atoms with van der Waals surface area (Å²) in [6.07, 6.45) is 5.71. The normalized spacial score (nSPS) is 21.2. The van der Waals surface area contributed by atoms with Gasteiger partial charge in [-0.05, 0) is 37.7 Å². The SMILES string of the molecule is N[C@@H](CCC(=O)N1CCC(OC2CCOCC2)CC1)c1ccccc1. The first-order valence-electron chi connectivity index (χ1n) is 9.54. The van der Waals surface area contributed by atoms with E-state index in [0.717, 1.165) is 57.6 Å². The Balaban J connectivity index is 1.36. The van der Waals surface area contributed by atoms with Crippen molar-refractivity contribution in [3.63, 3.8) is 0 Å². The fraction of sp³-hybridized carbons (Fsp3) is 0.650. The summed E-state index contributed by atoms with van der Waals surface area (Å²) in [5.41, 5.74) is 7.29. The molecule has 0 aromatic heterocycles. The van der Waals surface area contributed by atoms with E-state index in [1.807, 2.05) is 35.2 Å². The van der Waals surface area contributed by atoms with Crippen molar-refractivity contribution in [1.29, 1.82) is 0 Å². The van der Waals surface area contributed by atoms with Crippen LogP contribution >= 0.6 is 0 Å². The van der Waals surface area contributed by atoms with Crippen LogP contribution < -0.4 is 5.73 Å². The van der Waals surface area contributed by atoms with Gasteiger partial charge >= 0.3 is 0 Å². The topological polar surface area (TPSA) is 64.8 Å². The molecule has 0 spiro atoms. The number of ether oxygens (including phenoxy) is 2. The molecular formula is C20H30N2O3. The fourth-order valence-electron chi connectivity index (χ4n) is 3.63. The third-order valence-corrected chi connectivity index (χ3v) is 5.24. The first-order valence-corrected chi connectivity index (χ1v) is 9.54. The minimum atomic E-state index is -0.0699. The van der Waals surface area contributed by atoms with E-state index in [0.29, 0.717) is 25.0 Å². The Bertz CT molecular complexity index is 523. The lowest BCUT2D eigenvalue weighted by molar-refractivity contribution is -0.136. The van der Waals surface area contributed by atoms with Crippen molar-refractivity contribution in [2.75, 3.05) is 26.3 Å². The predicted molar refractivity (Wildman–Crippen MR) is 97.1 cm³/mol. The van der Waals surface area contributed by atoms with Crippen LogP contribution in [-0.2, 0) is 14.3 Å². The van der Waals surface area contributed by atoms with Gasteiger partial charge in [0.2, 0.25) is 5.91 Å². The molecule has 2 aliphatic heterocycles. The van der Waals surface area contributed by atoms with Crippen LogP contribution in [0.25, 0.3) is 0 Å². The van der Waals surface area contributed by atoms with Crippen molar-refractivity contribution in [2.45, 2.75) is 56.8 Å². The van der Waals surface area contributed by atoms with Gasteiger partial charge in [0.15, 0.2) is 0 Å². The third kappa shape index (κ3) is 5.53. The molecule has 5 heteroatoms. The second kappa shape index (κ2) is 9.32. The highest BCUT2D eigenvalue weighted by molar-refractivity contribution is 5.76. The summed E-state index contributed by atoms with van der Waals surface area (Å²) in [5.74, 6) is 0.218. The van der Waals surface area contributed by atoms with Crippen LogP contribution in [0.1, 0.15) is 50.1 Å². The van der Waals surface area contributed by atoms with Crippen LogP contribution in [-0.4, -0.2) is 49.3 Å². The van der Waals surface area contributed by atoms with Gasteiger partial charge in [0, 0.05) is 38.8 Å². The van der Waals surface area contributed by atoms with Gasteiger partial charge in [-0.1, -0.05) is 30.3 Å². The molecular weight excluding hydrogens is 316 g/mol. The molecule has 1 aromatic rings. The van der Waals surface area contributed by atoms with Crippen LogP contribution in [0.3, 0.4) is 0 Å². The molecule has 2 saturated heterocycles. The number of nitrogens with two attached hydrogens (primary N) is 1. The molecule has 138 valence electrons. The van der Waals surface area contributed by atoms with Gasteiger partial charge in [-0.25, -0.2) is 0 Å². The van der Waals surface area contributed by atoms with E-state index in [1.165, 1.54) is 0 Å². The second-order valence-electron chi connectivity index (χ2n) is 7.08. The number of hydrogen-bond acceptors (Lipinski definition) is 4. The Hall–Kier alpha value is -1.43. The zero-order valence-corrected chi connectivity index (χ0v) is 14.9. The van der Waals surface area contributed by atoms with E-state index in [-0.39, 0.29) is 11.9 Å². The Morgan fingerprint density at radius 3 is 2.44 bits per heavy atom. The zero-order valence-electron chi connectivity index (χ0n) is 14.9. The number of piperidine rings is 1. The lowest BCUT2D eigenvalue weighted by Crippen LogP contribution is -2.42. The minimum absolute atomic E-state index is 0.0699. The van der Waals surface area contributed by atoms with E-state index in [4.69, 9.17) is 15.2 Å². The zero-order chi connectivity index (χ0) is 17.5. The standard InChI is InChI=1S/C20H30N2O3/c21-19(16-4-2-1-3-5-16)6-7-20(23)22-12-8-17(9-13-22)25-18-10-14-24-15-11-18/h1-5,17-19H,6-15,21H2/t19-/m0/s1. The maximum Gasteiger partial charge on any atom is 0.222 e. The van der Waals surface area contributed by atoms with Gasteiger partial charge < -0.3 is 20.1 Å². The summed E-state index contributed by atoms with van der Waals surface area (Å²) in [6, 6.07) is 9.93. The molecule has 2 aliphatic rings. The molecule has 25 heavy (non-hydrogen) atoms.